The molecule has 0 aliphatic carbocycles. The van der Waals surface area contributed by atoms with E-state index < -0.39 is 0 Å². The standard InChI is InChI=1S/C17H12ClN3OS/c1-11(10-19)23-17-20-15-5-3-2-4-14(15)16(22)21(17)13-8-6-12(18)7-9-13/h2-9,11H,1H3/t11-/m0/s1. The Morgan fingerprint density at radius 3 is 2.61 bits per heavy atom. The summed E-state index contributed by atoms with van der Waals surface area (Å²) in [6.07, 6.45) is 0. The van der Waals surface area contributed by atoms with Crippen LogP contribution in [0.25, 0.3) is 16.6 Å². The molecule has 0 unspecified atom stereocenters. The Balaban J connectivity index is 2.30. The summed E-state index contributed by atoms with van der Waals surface area (Å²) in [7, 11) is 0. The van der Waals surface area contributed by atoms with Crippen molar-refractivity contribution in [1.29, 1.82) is 5.26 Å². The Kier molecular flexibility index (Phi) is 4.37. The molecule has 1 heterocycles. The second kappa shape index (κ2) is 6.45. The van der Waals surface area contributed by atoms with Gasteiger partial charge in [0.25, 0.3) is 5.56 Å². The maximum Gasteiger partial charge on any atom is 0.266 e. The maximum atomic E-state index is 12.9. The molecule has 2 aromatic carbocycles. The second-order valence-electron chi connectivity index (χ2n) is 4.92. The molecular formula is C17H12ClN3OS. The Bertz CT molecular complexity index is 960. The molecule has 3 aromatic rings. The topological polar surface area (TPSA) is 58.7 Å². The molecule has 4 nitrogen and oxygen atoms in total. The fraction of sp³-hybridized carbons (Fsp3) is 0.118. The summed E-state index contributed by atoms with van der Waals surface area (Å²) in [4.78, 5) is 17.5. The van der Waals surface area contributed by atoms with Crippen molar-refractivity contribution >= 4 is 34.3 Å². The normalized spacial score (nSPS) is 12.0. The molecular weight excluding hydrogens is 330 g/mol. The first-order valence-corrected chi connectivity index (χ1v) is 8.20. The predicted octanol–water partition coefficient (Wildman–Crippen LogP) is 4.04. The van der Waals surface area contributed by atoms with Crippen molar-refractivity contribution in [3.8, 4) is 11.8 Å². The first-order chi connectivity index (χ1) is 11.1. The van der Waals surface area contributed by atoms with Gasteiger partial charge >= 0.3 is 0 Å². The lowest BCUT2D eigenvalue weighted by Gasteiger charge is -2.13. The molecule has 0 saturated heterocycles. The van der Waals surface area contributed by atoms with Gasteiger partial charge in [-0.25, -0.2) is 4.98 Å². The minimum Gasteiger partial charge on any atom is -0.268 e. The average molecular weight is 342 g/mol. The Morgan fingerprint density at radius 1 is 1.22 bits per heavy atom. The van der Waals surface area contributed by atoms with Gasteiger partial charge in [-0.3, -0.25) is 9.36 Å². The molecule has 0 spiro atoms. The lowest BCUT2D eigenvalue weighted by atomic mass is 10.2. The van der Waals surface area contributed by atoms with E-state index in [-0.39, 0.29) is 10.8 Å². The molecule has 0 amide bonds. The highest BCUT2D eigenvalue weighted by molar-refractivity contribution is 8.00. The minimum atomic E-state index is -0.318. The van der Waals surface area contributed by atoms with Gasteiger partial charge in [0.1, 0.15) is 0 Å². The predicted molar refractivity (Wildman–Crippen MR) is 93.3 cm³/mol. The lowest BCUT2D eigenvalue weighted by molar-refractivity contribution is 0.818. The van der Waals surface area contributed by atoms with Crippen molar-refractivity contribution in [3.05, 3.63) is 63.9 Å². The highest BCUT2D eigenvalue weighted by Crippen LogP contribution is 2.25. The molecule has 23 heavy (non-hydrogen) atoms. The van der Waals surface area contributed by atoms with Gasteiger partial charge in [0.2, 0.25) is 0 Å². The zero-order chi connectivity index (χ0) is 16.4. The van der Waals surface area contributed by atoms with Gasteiger partial charge < -0.3 is 0 Å². The number of fused-ring (bicyclic) bond motifs is 1. The van der Waals surface area contributed by atoms with Crippen LogP contribution in [-0.4, -0.2) is 14.8 Å². The summed E-state index contributed by atoms with van der Waals surface area (Å²) >= 11 is 7.19. The zero-order valence-corrected chi connectivity index (χ0v) is 13.8. The van der Waals surface area contributed by atoms with Crippen LogP contribution in [0.5, 0.6) is 0 Å². The van der Waals surface area contributed by atoms with E-state index in [0.717, 1.165) is 0 Å². The zero-order valence-electron chi connectivity index (χ0n) is 12.2. The Labute approximate surface area is 142 Å². The van der Waals surface area contributed by atoms with Crippen molar-refractivity contribution < 1.29 is 0 Å². The van der Waals surface area contributed by atoms with Gasteiger partial charge in [-0.15, -0.1) is 0 Å². The van der Waals surface area contributed by atoms with Crippen LogP contribution in [0.2, 0.25) is 5.02 Å². The Hall–Kier alpha value is -2.29. The van der Waals surface area contributed by atoms with Gasteiger partial charge in [0.15, 0.2) is 5.16 Å². The average Bonchev–Trinajstić information content (AvgIpc) is 2.56. The first kappa shape index (κ1) is 15.6. The fourth-order valence-corrected chi connectivity index (χ4v) is 3.13. The number of nitriles is 1. The molecule has 0 saturated carbocycles. The van der Waals surface area contributed by atoms with Crippen LogP contribution in [-0.2, 0) is 0 Å². The summed E-state index contributed by atoms with van der Waals surface area (Å²) in [6.45, 7) is 1.78. The summed E-state index contributed by atoms with van der Waals surface area (Å²) < 4.78 is 1.52. The van der Waals surface area contributed by atoms with Gasteiger partial charge in [-0.05, 0) is 43.3 Å². The molecule has 1 aromatic heterocycles. The quantitative estimate of drug-likeness (QED) is 0.533. The van der Waals surface area contributed by atoms with Crippen LogP contribution < -0.4 is 5.56 Å². The van der Waals surface area contributed by atoms with E-state index in [1.54, 1.807) is 43.3 Å². The number of hydrogen-bond donors (Lipinski definition) is 0. The number of para-hydroxylation sites is 1. The molecule has 0 fully saturated rings. The number of benzene rings is 2. The van der Waals surface area contributed by atoms with Crippen molar-refractivity contribution in [3.63, 3.8) is 0 Å². The molecule has 3 rings (SSSR count). The third-order valence-corrected chi connectivity index (χ3v) is 4.49. The van der Waals surface area contributed by atoms with Crippen molar-refractivity contribution in [2.75, 3.05) is 0 Å². The van der Waals surface area contributed by atoms with E-state index >= 15 is 0 Å². The van der Waals surface area contributed by atoms with E-state index in [1.165, 1.54) is 16.3 Å². The smallest absolute Gasteiger partial charge is 0.266 e. The molecule has 114 valence electrons. The van der Waals surface area contributed by atoms with Gasteiger partial charge in [0.05, 0.1) is 27.9 Å². The van der Waals surface area contributed by atoms with E-state index in [9.17, 15) is 4.79 Å². The summed E-state index contributed by atoms with van der Waals surface area (Å²) in [6, 6.07) is 16.3. The number of thioether (sulfide) groups is 1. The second-order valence-corrected chi connectivity index (χ2v) is 6.66. The first-order valence-electron chi connectivity index (χ1n) is 6.94. The van der Waals surface area contributed by atoms with Crippen LogP contribution in [0, 0.1) is 11.3 Å². The van der Waals surface area contributed by atoms with E-state index in [4.69, 9.17) is 16.9 Å². The number of rotatable bonds is 3. The van der Waals surface area contributed by atoms with Crippen LogP contribution >= 0.6 is 23.4 Å². The lowest BCUT2D eigenvalue weighted by Crippen LogP contribution is -2.22. The van der Waals surface area contributed by atoms with Crippen LogP contribution in [0.3, 0.4) is 0 Å². The summed E-state index contributed by atoms with van der Waals surface area (Å²) in [5, 5.41) is 10.4. The molecule has 0 radical (unpaired) electrons. The van der Waals surface area contributed by atoms with Crippen LogP contribution in [0.15, 0.2) is 58.5 Å². The third-order valence-electron chi connectivity index (χ3n) is 3.29. The van der Waals surface area contributed by atoms with Gasteiger partial charge in [-0.2, -0.15) is 5.26 Å². The number of hydrogen-bond acceptors (Lipinski definition) is 4. The molecule has 0 aliphatic rings. The highest BCUT2D eigenvalue weighted by atomic mass is 35.5. The molecule has 6 heteroatoms. The third kappa shape index (κ3) is 3.09. The molecule has 0 N–H and O–H groups in total. The highest BCUT2D eigenvalue weighted by Gasteiger charge is 2.15. The van der Waals surface area contributed by atoms with E-state index in [1.807, 2.05) is 12.1 Å². The Morgan fingerprint density at radius 2 is 1.91 bits per heavy atom. The molecule has 0 bridgehead atoms. The number of aromatic nitrogens is 2. The summed E-state index contributed by atoms with van der Waals surface area (Å²) in [5.41, 5.74) is 1.13. The summed E-state index contributed by atoms with van der Waals surface area (Å²) in [5.74, 6) is 0. The maximum absolute atomic E-state index is 12.9. The number of nitrogens with zero attached hydrogens (tertiary/aromatic N) is 3. The van der Waals surface area contributed by atoms with E-state index in [2.05, 4.69) is 11.1 Å². The van der Waals surface area contributed by atoms with Crippen molar-refractivity contribution in [2.24, 2.45) is 0 Å². The molecule has 0 aliphatic heterocycles. The van der Waals surface area contributed by atoms with Crippen LogP contribution in [0.4, 0.5) is 0 Å². The van der Waals surface area contributed by atoms with E-state index in [0.29, 0.717) is 26.8 Å². The van der Waals surface area contributed by atoms with Crippen molar-refractivity contribution in [2.45, 2.75) is 17.3 Å². The minimum absolute atomic E-state index is 0.162. The largest absolute Gasteiger partial charge is 0.268 e. The van der Waals surface area contributed by atoms with Gasteiger partial charge in [0, 0.05) is 5.02 Å². The SMILES string of the molecule is C[C@@H](C#N)Sc1nc2ccccc2c(=O)n1-c1ccc(Cl)cc1. The van der Waals surface area contributed by atoms with Gasteiger partial charge in [-0.1, -0.05) is 35.5 Å². The van der Waals surface area contributed by atoms with Crippen LogP contribution in [0.1, 0.15) is 6.92 Å². The molecule has 1 atom stereocenters. The fourth-order valence-electron chi connectivity index (χ4n) is 2.19. The van der Waals surface area contributed by atoms with Crippen molar-refractivity contribution in [1.82, 2.24) is 9.55 Å². The monoisotopic (exact) mass is 341 g/mol. The number of halogens is 1.